The van der Waals surface area contributed by atoms with Gasteiger partial charge in [0.1, 0.15) is 12.4 Å². The number of nitrogens with zero attached hydrogens (tertiary/aromatic N) is 2. The molecule has 1 aromatic carbocycles. The molecule has 0 saturated heterocycles. The average molecular weight is 379 g/mol. The van der Waals surface area contributed by atoms with Gasteiger partial charge in [-0.05, 0) is 37.8 Å². The number of aromatic nitrogens is 2. The van der Waals surface area contributed by atoms with E-state index in [1.165, 1.54) is 0 Å². The van der Waals surface area contributed by atoms with Crippen LogP contribution in [0.1, 0.15) is 30.0 Å². The quantitative estimate of drug-likeness (QED) is 0.726. The summed E-state index contributed by atoms with van der Waals surface area (Å²) in [6.07, 6.45) is 4.29. The van der Waals surface area contributed by atoms with Crippen LogP contribution in [-0.2, 0) is 17.1 Å². The summed E-state index contributed by atoms with van der Waals surface area (Å²) in [4.78, 5) is 0. The number of hydrogen-bond acceptors (Lipinski definition) is 5. The minimum atomic E-state index is -3.53. The van der Waals surface area contributed by atoms with Crippen molar-refractivity contribution in [3.8, 4) is 5.75 Å². The molecule has 1 aliphatic rings. The average Bonchev–Trinajstić information content (AvgIpc) is 2.98. The molecule has 8 heteroatoms. The lowest BCUT2D eigenvalue weighted by atomic mass is 9.76. The minimum absolute atomic E-state index is 0.0713. The maximum atomic E-state index is 12.5. The van der Waals surface area contributed by atoms with Gasteiger partial charge in [0.25, 0.3) is 0 Å². The first kappa shape index (κ1) is 18.9. The van der Waals surface area contributed by atoms with Crippen LogP contribution >= 0.6 is 0 Å². The highest BCUT2D eigenvalue weighted by atomic mass is 32.2. The van der Waals surface area contributed by atoms with Gasteiger partial charge in [0.15, 0.2) is 0 Å². The lowest BCUT2D eigenvalue weighted by Crippen LogP contribution is -2.42. The molecule has 0 unspecified atom stereocenters. The lowest BCUT2D eigenvalue weighted by molar-refractivity contribution is 0.0280. The Bertz CT molecular complexity index is 826. The number of ether oxygens (including phenoxy) is 1. The van der Waals surface area contributed by atoms with Crippen molar-refractivity contribution in [2.45, 2.75) is 31.9 Å². The summed E-state index contributed by atoms with van der Waals surface area (Å²) in [5.41, 5.74) is 1.93. The summed E-state index contributed by atoms with van der Waals surface area (Å²) >= 11 is 0. The normalized spacial score (nSPS) is 21.2. The molecule has 0 bridgehead atoms. The third kappa shape index (κ3) is 4.84. The monoisotopic (exact) mass is 379 g/mol. The number of sulfonamides is 1. The first-order valence-electron chi connectivity index (χ1n) is 8.68. The van der Waals surface area contributed by atoms with Crippen LogP contribution in [0.15, 0.2) is 36.7 Å². The molecule has 1 saturated carbocycles. The summed E-state index contributed by atoms with van der Waals surface area (Å²) in [6.45, 7) is 2.06. The van der Waals surface area contributed by atoms with E-state index in [-0.39, 0.29) is 30.4 Å². The van der Waals surface area contributed by atoms with Crippen LogP contribution in [0.3, 0.4) is 0 Å². The summed E-state index contributed by atoms with van der Waals surface area (Å²) in [5.74, 6) is 0.589. The lowest BCUT2D eigenvalue weighted by Gasteiger charge is -2.37. The Kier molecular flexibility index (Phi) is 5.64. The van der Waals surface area contributed by atoms with E-state index in [9.17, 15) is 13.5 Å². The summed E-state index contributed by atoms with van der Waals surface area (Å²) in [7, 11) is -1.74. The van der Waals surface area contributed by atoms with Crippen molar-refractivity contribution in [3.05, 3.63) is 47.8 Å². The molecule has 3 rings (SSSR count). The summed E-state index contributed by atoms with van der Waals surface area (Å²) in [6, 6.07) is 7.11. The van der Waals surface area contributed by atoms with E-state index in [4.69, 9.17) is 4.74 Å². The third-order valence-corrected chi connectivity index (χ3v) is 5.97. The highest BCUT2D eigenvalue weighted by Crippen LogP contribution is 2.38. The van der Waals surface area contributed by atoms with Crippen LogP contribution < -0.4 is 9.46 Å². The number of aliphatic hydroxyl groups is 1. The molecule has 1 heterocycles. The molecule has 0 spiro atoms. The fourth-order valence-electron chi connectivity index (χ4n) is 3.10. The largest absolute Gasteiger partial charge is 0.492 e. The topological polar surface area (TPSA) is 93.5 Å². The number of hydrogen-bond donors (Lipinski definition) is 2. The molecule has 1 fully saturated rings. The predicted molar refractivity (Wildman–Crippen MR) is 98.3 cm³/mol. The number of aliphatic hydroxyl groups excluding tert-OH is 1. The minimum Gasteiger partial charge on any atom is -0.492 e. The van der Waals surface area contributed by atoms with Gasteiger partial charge in [-0.1, -0.05) is 17.7 Å². The van der Waals surface area contributed by atoms with Gasteiger partial charge in [0.2, 0.25) is 10.0 Å². The molecule has 1 aromatic heterocycles. The van der Waals surface area contributed by atoms with Crippen LogP contribution in [0.4, 0.5) is 0 Å². The maximum absolute atomic E-state index is 12.5. The highest BCUT2D eigenvalue weighted by molar-refractivity contribution is 7.89. The molecule has 7 nitrogen and oxygen atoms in total. The van der Waals surface area contributed by atoms with Crippen molar-refractivity contribution in [1.29, 1.82) is 0 Å². The van der Waals surface area contributed by atoms with Crippen molar-refractivity contribution in [1.82, 2.24) is 14.5 Å². The number of aryl methyl sites for hydroxylation is 2. The Hall–Kier alpha value is -1.90. The second-order valence-corrected chi connectivity index (χ2v) is 8.78. The number of benzene rings is 1. The van der Waals surface area contributed by atoms with E-state index in [2.05, 4.69) is 9.82 Å². The summed E-state index contributed by atoms with van der Waals surface area (Å²) < 4.78 is 35.0. The Labute approximate surface area is 154 Å². The fraction of sp³-hybridized carbons (Fsp3) is 0.500. The second kappa shape index (κ2) is 7.77. The third-order valence-electron chi connectivity index (χ3n) is 4.65. The molecule has 142 valence electrons. The molecule has 0 radical (unpaired) electrons. The molecule has 0 amide bonds. The van der Waals surface area contributed by atoms with E-state index in [1.807, 2.05) is 31.2 Å². The van der Waals surface area contributed by atoms with E-state index in [1.54, 1.807) is 24.1 Å². The highest BCUT2D eigenvalue weighted by Gasteiger charge is 2.37. The van der Waals surface area contributed by atoms with Gasteiger partial charge < -0.3 is 9.84 Å². The first-order chi connectivity index (χ1) is 12.3. The Balaban J connectivity index is 1.60. The Morgan fingerprint density at radius 2 is 2.04 bits per heavy atom. The van der Waals surface area contributed by atoms with Crippen LogP contribution in [0.2, 0.25) is 0 Å². The number of nitrogens with one attached hydrogen (secondary N) is 1. The predicted octanol–water partition coefficient (Wildman–Crippen LogP) is 1.54. The van der Waals surface area contributed by atoms with Gasteiger partial charge in [-0.25, -0.2) is 13.1 Å². The van der Waals surface area contributed by atoms with Gasteiger partial charge >= 0.3 is 0 Å². The smallest absolute Gasteiger partial charge is 0.215 e. The fourth-order valence-corrected chi connectivity index (χ4v) is 4.23. The second-order valence-electron chi connectivity index (χ2n) is 6.91. The Morgan fingerprint density at radius 1 is 1.35 bits per heavy atom. The SMILES string of the molecule is Cc1ccc(OCCS(=O)(=O)N[C@@H](c2cnn(C)c2)C2CC(O)C2)cc1. The zero-order valence-corrected chi connectivity index (χ0v) is 15.8. The van der Waals surface area contributed by atoms with E-state index < -0.39 is 10.0 Å². The maximum Gasteiger partial charge on any atom is 0.215 e. The summed E-state index contributed by atoms with van der Waals surface area (Å²) in [5, 5.41) is 13.7. The molecular weight excluding hydrogens is 354 g/mol. The van der Waals surface area contributed by atoms with Gasteiger partial charge in [-0.2, -0.15) is 5.10 Å². The van der Waals surface area contributed by atoms with Crippen LogP contribution in [0, 0.1) is 12.8 Å². The van der Waals surface area contributed by atoms with Crippen molar-refractivity contribution in [2.24, 2.45) is 13.0 Å². The van der Waals surface area contributed by atoms with E-state index in [0.29, 0.717) is 18.6 Å². The van der Waals surface area contributed by atoms with E-state index >= 15 is 0 Å². The van der Waals surface area contributed by atoms with Gasteiger partial charge in [0.05, 0.1) is 24.1 Å². The molecule has 1 atom stereocenters. The zero-order chi connectivity index (χ0) is 18.7. The first-order valence-corrected chi connectivity index (χ1v) is 10.3. The Morgan fingerprint density at radius 3 is 2.62 bits per heavy atom. The molecule has 0 aliphatic heterocycles. The van der Waals surface area contributed by atoms with Crippen molar-refractivity contribution in [2.75, 3.05) is 12.4 Å². The van der Waals surface area contributed by atoms with Crippen molar-refractivity contribution in [3.63, 3.8) is 0 Å². The molecule has 2 N–H and O–H groups in total. The van der Waals surface area contributed by atoms with Gasteiger partial charge in [0, 0.05) is 18.8 Å². The van der Waals surface area contributed by atoms with E-state index in [0.717, 1.165) is 11.1 Å². The van der Waals surface area contributed by atoms with Gasteiger partial charge in [-0.15, -0.1) is 0 Å². The van der Waals surface area contributed by atoms with Crippen LogP contribution in [0.25, 0.3) is 0 Å². The molecule has 2 aromatic rings. The zero-order valence-electron chi connectivity index (χ0n) is 15.0. The van der Waals surface area contributed by atoms with Crippen LogP contribution in [0.5, 0.6) is 5.75 Å². The number of rotatable bonds is 8. The van der Waals surface area contributed by atoms with Crippen LogP contribution in [-0.4, -0.2) is 41.8 Å². The molecule has 26 heavy (non-hydrogen) atoms. The van der Waals surface area contributed by atoms with Crippen molar-refractivity contribution >= 4 is 10.0 Å². The van der Waals surface area contributed by atoms with Crippen molar-refractivity contribution < 1.29 is 18.3 Å². The molecule has 1 aliphatic carbocycles. The molecular formula is C18H25N3O4S. The standard InChI is InChI=1S/C18H25N3O4S/c1-13-3-5-17(6-4-13)25-7-8-26(23,24)20-18(14-9-16(22)10-14)15-11-19-21(2)12-15/h3-6,11-12,14,16,18,20,22H,7-10H2,1-2H3/t14?,16?,18-/m1/s1. The van der Waals surface area contributed by atoms with Gasteiger partial charge in [-0.3, -0.25) is 4.68 Å².